The fourth-order valence-corrected chi connectivity index (χ4v) is 2.23. The topological polar surface area (TPSA) is 67.6 Å². The highest BCUT2D eigenvalue weighted by molar-refractivity contribution is 5.53. The summed E-state index contributed by atoms with van der Waals surface area (Å²) in [6.45, 7) is 0. The van der Waals surface area contributed by atoms with Crippen molar-refractivity contribution in [1.29, 1.82) is 0 Å². The molecule has 0 spiro atoms. The van der Waals surface area contributed by atoms with Gasteiger partial charge in [-0.05, 0) is 19.3 Å². The molecule has 2 aromatic rings. The van der Waals surface area contributed by atoms with Crippen molar-refractivity contribution in [2.75, 3.05) is 0 Å². The molecule has 17 heavy (non-hydrogen) atoms. The minimum atomic E-state index is -0.0481. The normalized spacial score (nSPS) is 17.7. The molecule has 0 saturated heterocycles. The molecule has 4 heteroatoms. The van der Waals surface area contributed by atoms with Crippen molar-refractivity contribution in [3.8, 4) is 11.4 Å². The van der Waals surface area contributed by atoms with E-state index in [1.54, 1.807) is 0 Å². The summed E-state index contributed by atoms with van der Waals surface area (Å²) in [5.74, 6) is 1.65. The van der Waals surface area contributed by atoms with E-state index < -0.39 is 0 Å². The largest absolute Gasteiger partial charge is 0.325 e. The van der Waals surface area contributed by atoms with Gasteiger partial charge >= 0.3 is 0 Å². The van der Waals surface area contributed by atoms with Gasteiger partial charge in [0.15, 0.2) is 5.82 Å². The van der Waals surface area contributed by atoms with Crippen molar-refractivity contribution in [3.05, 3.63) is 36.2 Å². The van der Waals surface area contributed by atoms with Crippen LogP contribution in [0.5, 0.6) is 0 Å². The number of rotatable bonds is 3. The fourth-order valence-electron chi connectivity index (χ4n) is 2.23. The molecular weight excluding hydrogens is 212 g/mol. The standard InChI is InChI=1S/C13H16N4/c14-13(7-4-8-13)9-11-15-12(17-16-11)10-5-2-1-3-6-10/h1-3,5-6H,4,7-9,14H2,(H,15,16,17). The van der Waals surface area contributed by atoms with Crippen molar-refractivity contribution in [2.24, 2.45) is 5.73 Å². The van der Waals surface area contributed by atoms with E-state index in [0.717, 1.165) is 36.5 Å². The zero-order valence-corrected chi connectivity index (χ0v) is 9.69. The molecule has 0 bridgehead atoms. The van der Waals surface area contributed by atoms with Crippen LogP contribution >= 0.6 is 0 Å². The number of H-pyrrole nitrogens is 1. The maximum atomic E-state index is 6.20. The molecule has 1 aromatic heterocycles. The lowest BCUT2D eigenvalue weighted by atomic mass is 9.75. The van der Waals surface area contributed by atoms with Crippen molar-refractivity contribution in [3.63, 3.8) is 0 Å². The quantitative estimate of drug-likeness (QED) is 0.843. The Morgan fingerprint density at radius 2 is 2.00 bits per heavy atom. The van der Waals surface area contributed by atoms with Gasteiger partial charge in [-0.2, -0.15) is 5.10 Å². The maximum Gasteiger partial charge on any atom is 0.181 e. The SMILES string of the molecule is NC1(Cc2nc(-c3ccccc3)n[nH]2)CCC1. The van der Waals surface area contributed by atoms with E-state index >= 15 is 0 Å². The molecular formula is C13H16N4. The predicted molar refractivity (Wildman–Crippen MR) is 66.3 cm³/mol. The minimum Gasteiger partial charge on any atom is -0.325 e. The molecule has 1 aliphatic rings. The third-order valence-corrected chi connectivity index (χ3v) is 3.43. The number of nitrogens with zero attached hydrogens (tertiary/aromatic N) is 2. The van der Waals surface area contributed by atoms with Gasteiger partial charge < -0.3 is 5.73 Å². The van der Waals surface area contributed by atoms with Crippen molar-refractivity contribution >= 4 is 0 Å². The second-order valence-electron chi connectivity index (χ2n) is 4.86. The molecule has 4 nitrogen and oxygen atoms in total. The first-order valence-electron chi connectivity index (χ1n) is 6.01. The van der Waals surface area contributed by atoms with Crippen LogP contribution < -0.4 is 5.73 Å². The summed E-state index contributed by atoms with van der Waals surface area (Å²) in [7, 11) is 0. The summed E-state index contributed by atoms with van der Waals surface area (Å²) in [5.41, 5.74) is 7.18. The highest BCUT2D eigenvalue weighted by atomic mass is 15.2. The van der Waals surface area contributed by atoms with Gasteiger partial charge in [0.25, 0.3) is 0 Å². The van der Waals surface area contributed by atoms with Crippen LogP contribution in [0.1, 0.15) is 25.1 Å². The lowest BCUT2D eigenvalue weighted by Crippen LogP contribution is -2.48. The first-order valence-corrected chi connectivity index (χ1v) is 6.01. The van der Waals surface area contributed by atoms with E-state index in [0.29, 0.717) is 0 Å². The summed E-state index contributed by atoms with van der Waals surface area (Å²) < 4.78 is 0. The van der Waals surface area contributed by atoms with Gasteiger partial charge in [0.2, 0.25) is 0 Å². The maximum absolute atomic E-state index is 6.20. The van der Waals surface area contributed by atoms with Crippen LogP contribution in [0.25, 0.3) is 11.4 Å². The zero-order valence-electron chi connectivity index (χ0n) is 9.69. The molecule has 1 aliphatic carbocycles. The van der Waals surface area contributed by atoms with Crippen molar-refractivity contribution in [2.45, 2.75) is 31.2 Å². The Hall–Kier alpha value is -1.68. The van der Waals surface area contributed by atoms with Crippen LogP contribution in [-0.2, 0) is 6.42 Å². The predicted octanol–water partition coefficient (Wildman–Crippen LogP) is 1.90. The number of aromatic nitrogens is 3. The van der Waals surface area contributed by atoms with Crippen LogP contribution in [0.15, 0.2) is 30.3 Å². The molecule has 3 rings (SSSR count). The number of hydrogen-bond donors (Lipinski definition) is 2. The van der Waals surface area contributed by atoms with E-state index in [-0.39, 0.29) is 5.54 Å². The molecule has 1 aromatic carbocycles. The van der Waals surface area contributed by atoms with Crippen molar-refractivity contribution in [1.82, 2.24) is 15.2 Å². The van der Waals surface area contributed by atoms with E-state index in [1.165, 1.54) is 6.42 Å². The molecule has 0 aliphatic heterocycles. The Morgan fingerprint density at radius 3 is 2.65 bits per heavy atom. The molecule has 0 radical (unpaired) electrons. The number of nitrogens with two attached hydrogens (primary N) is 1. The summed E-state index contributed by atoms with van der Waals surface area (Å²) in [6.07, 6.45) is 4.21. The second kappa shape index (κ2) is 3.96. The number of nitrogens with one attached hydrogen (secondary N) is 1. The van der Waals surface area contributed by atoms with Crippen molar-refractivity contribution < 1.29 is 0 Å². The molecule has 0 atom stereocenters. The summed E-state index contributed by atoms with van der Waals surface area (Å²) >= 11 is 0. The fraction of sp³-hybridized carbons (Fsp3) is 0.385. The molecule has 1 heterocycles. The van der Waals surface area contributed by atoms with Gasteiger partial charge in [-0.1, -0.05) is 30.3 Å². The van der Waals surface area contributed by atoms with Gasteiger partial charge in [0.05, 0.1) is 0 Å². The van der Waals surface area contributed by atoms with E-state index in [1.807, 2.05) is 30.3 Å². The molecule has 0 amide bonds. The van der Waals surface area contributed by atoms with E-state index in [9.17, 15) is 0 Å². The van der Waals surface area contributed by atoms with Gasteiger partial charge in [-0.15, -0.1) is 0 Å². The summed E-state index contributed by atoms with van der Waals surface area (Å²) in [5, 5.41) is 7.22. The number of hydrogen-bond acceptors (Lipinski definition) is 3. The Kier molecular flexibility index (Phi) is 2.44. The summed E-state index contributed by atoms with van der Waals surface area (Å²) in [6, 6.07) is 9.98. The first-order chi connectivity index (χ1) is 8.25. The second-order valence-corrected chi connectivity index (χ2v) is 4.86. The Bertz CT molecular complexity index is 499. The minimum absolute atomic E-state index is 0.0481. The average Bonchev–Trinajstić information content (AvgIpc) is 2.77. The lowest BCUT2D eigenvalue weighted by Gasteiger charge is -2.37. The highest BCUT2D eigenvalue weighted by Crippen LogP contribution is 2.31. The van der Waals surface area contributed by atoms with Gasteiger partial charge in [0.1, 0.15) is 5.82 Å². The van der Waals surface area contributed by atoms with Crippen LogP contribution in [0, 0.1) is 0 Å². The molecule has 0 unspecified atom stereocenters. The number of aromatic amines is 1. The molecule has 1 saturated carbocycles. The van der Waals surface area contributed by atoms with Crippen LogP contribution in [0.3, 0.4) is 0 Å². The molecule has 88 valence electrons. The van der Waals surface area contributed by atoms with Crippen LogP contribution in [0.2, 0.25) is 0 Å². The third kappa shape index (κ3) is 2.08. The van der Waals surface area contributed by atoms with Gasteiger partial charge in [0, 0.05) is 17.5 Å². The van der Waals surface area contributed by atoms with Gasteiger partial charge in [-0.25, -0.2) is 4.98 Å². The molecule has 1 fully saturated rings. The van der Waals surface area contributed by atoms with Crippen LogP contribution in [0.4, 0.5) is 0 Å². The first kappa shape index (κ1) is 10.5. The Labute approximate surface area is 100 Å². The average molecular weight is 228 g/mol. The van der Waals surface area contributed by atoms with Gasteiger partial charge in [-0.3, -0.25) is 5.10 Å². The lowest BCUT2D eigenvalue weighted by molar-refractivity contribution is 0.243. The summed E-state index contributed by atoms with van der Waals surface area (Å²) in [4.78, 5) is 4.50. The monoisotopic (exact) mass is 228 g/mol. The highest BCUT2D eigenvalue weighted by Gasteiger charge is 2.33. The van der Waals surface area contributed by atoms with E-state index in [2.05, 4.69) is 15.2 Å². The molecule has 3 N–H and O–H groups in total. The zero-order chi connectivity index (χ0) is 11.7. The Balaban J connectivity index is 1.79. The third-order valence-electron chi connectivity index (χ3n) is 3.43. The van der Waals surface area contributed by atoms with Crippen LogP contribution in [-0.4, -0.2) is 20.7 Å². The van der Waals surface area contributed by atoms with E-state index in [4.69, 9.17) is 5.73 Å². The smallest absolute Gasteiger partial charge is 0.181 e. The number of benzene rings is 1. The Morgan fingerprint density at radius 1 is 1.24 bits per heavy atom.